The van der Waals surface area contributed by atoms with Crippen LogP contribution < -0.4 is 5.73 Å². The van der Waals surface area contributed by atoms with E-state index in [-0.39, 0.29) is 0 Å². The van der Waals surface area contributed by atoms with Crippen molar-refractivity contribution < 1.29 is 0 Å². The number of aryl methyl sites for hydroxylation is 1. The molecular formula is C13H11ClN4. The Labute approximate surface area is 109 Å². The summed E-state index contributed by atoms with van der Waals surface area (Å²) in [5.41, 5.74) is 9.07. The van der Waals surface area contributed by atoms with Crippen LogP contribution in [0.25, 0.3) is 22.6 Å². The first-order valence-corrected chi connectivity index (χ1v) is 5.90. The highest BCUT2D eigenvalue weighted by atomic mass is 35.5. The van der Waals surface area contributed by atoms with Crippen LogP contribution in [0.4, 0.5) is 5.82 Å². The number of nitrogens with zero attached hydrogens (tertiary/aromatic N) is 2. The molecule has 3 rings (SSSR count). The highest BCUT2D eigenvalue weighted by molar-refractivity contribution is 6.31. The highest BCUT2D eigenvalue weighted by Gasteiger charge is 2.07. The van der Waals surface area contributed by atoms with Gasteiger partial charge < -0.3 is 10.7 Å². The van der Waals surface area contributed by atoms with E-state index in [2.05, 4.69) is 15.0 Å². The number of fused-ring (bicyclic) bond motifs is 1. The Hall–Kier alpha value is -2.07. The fourth-order valence-electron chi connectivity index (χ4n) is 1.78. The normalized spacial score (nSPS) is 11.0. The zero-order chi connectivity index (χ0) is 12.7. The Kier molecular flexibility index (Phi) is 2.45. The third-order valence-electron chi connectivity index (χ3n) is 2.81. The van der Waals surface area contributed by atoms with Gasteiger partial charge in [0, 0.05) is 10.6 Å². The molecule has 2 aromatic heterocycles. The molecule has 0 aliphatic carbocycles. The van der Waals surface area contributed by atoms with Gasteiger partial charge in [-0.3, -0.25) is 0 Å². The first kappa shape index (κ1) is 11.0. The molecule has 4 nitrogen and oxygen atoms in total. The third-order valence-corrected chi connectivity index (χ3v) is 3.22. The van der Waals surface area contributed by atoms with Gasteiger partial charge >= 0.3 is 0 Å². The van der Waals surface area contributed by atoms with Crippen LogP contribution in [0.2, 0.25) is 5.02 Å². The number of pyridine rings is 1. The number of rotatable bonds is 1. The molecule has 0 spiro atoms. The zero-order valence-corrected chi connectivity index (χ0v) is 10.5. The van der Waals surface area contributed by atoms with Crippen LogP contribution in [0.5, 0.6) is 0 Å². The third kappa shape index (κ3) is 1.80. The number of nitrogens with two attached hydrogens (primary N) is 1. The number of aromatic amines is 1. The fraction of sp³-hybridized carbons (Fsp3) is 0.0769. The van der Waals surface area contributed by atoms with Crippen molar-refractivity contribution in [3.05, 3.63) is 40.9 Å². The molecule has 0 saturated carbocycles. The van der Waals surface area contributed by atoms with Crippen LogP contribution in [0, 0.1) is 6.92 Å². The molecule has 90 valence electrons. The number of benzene rings is 1. The van der Waals surface area contributed by atoms with Crippen LogP contribution in [-0.4, -0.2) is 15.0 Å². The molecule has 2 heterocycles. The summed E-state index contributed by atoms with van der Waals surface area (Å²) in [5.74, 6) is 1.20. The van der Waals surface area contributed by atoms with Crippen molar-refractivity contribution in [1.29, 1.82) is 0 Å². The van der Waals surface area contributed by atoms with Crippen LogP contribution in [-0.2, 0) is 0 Å². The molecule has 0 bridgehead atoms. The monoisotopic (exact) mass is 258 g/mol. The van der Waals surface area contributed by atoms with Gasteiger partial charge in [0.05, 0.1) is 5.52 Å². The molecule has 0 fully saturated rings. The maximum Gasteiger partial charge on any atom is 0.180 e. The van der Waals surface area contributed by atoms with E-state index < -0.39 is 0 Å². The maximum atomic E-state index is 6.11. The predicted octanol–water partition coefficient (Wildman–Crippen LogP) is 3.17. The summed E-state index contributed by atoms with van der Waals surface area (Å²) in [7, 11) is 0. The van der Waals surface area contributed by atoms with Gasteiger partial charge in [0.2, 0.25) is 0 Å². The van der Waals surface area contributed by atoms with E-state index in [9.17, 15) is 0 Å². The maximum absolute atomic E-state index is 6.11. The Bertz CT molecular complexity index is 733. The molecule has 0 aliphatic rings. The van der Waals surface area contributed by atoms with Crippen LogP contribution in [0.15, 0.2) is 30.3 Å². The highest BCUT2D eigenvalue weighted by Crippen LogP contribution is 2.25. The molecule has 3 aromatic rings. The molecular weight excluding hydrogens is 248 g/mol. The lowest BCUT2D eigenvalue weighted by atomic mass is 10.1. The van der Waals surface area contributed by atoms with Gasteiger partial charge in [-0.1, -0.05) is 23.7 Å². The van der Waals surface area contributed by atoms with Crippen LogP contribution >= 0.6 is 11.6 Å². The van der Waals surface area contributed by atoms with E-state index in [1.807, 2.05) is 31.2 Å². The summed E-state index contributed by atoms with van der Waals surface area (Å²) >= 11 is 6.11. The average Bonchev–Trinajstić information content (AvgIpc) is 2.75. The average molecular weight is 259 g/mol. The Morgan fingerprint density at radius 2 is 2.00 bits per heavy atom. The number of hydrogen-bond acceptors (Lipinski definition) is 3. The number of hydrogen-bond donors (Lipinski definition) is 2. The van der Waals surface area contributed by atoms with E-state index in [1.165, 1.54) is 0 Å². The summed E-state index contributed by atoms with van der Waals surface area (Å²) < 4.78 is 0. The lowest BCUT2D eigenvalue weighted by molar-refractivity contribution is 1.30. The summed E-state index contributed by atoms with van der Waals surface area (Å²) in [4.78, 5) is 11.8. The smallest absolute Gasteiger partial charge is 0.180 e. The molecule has 5 heteroatoms. The predicted molar refractivity (Wildman–Crippen MR) is 73.5 cm³/mol. The molecule has 3 N–H and O–H groups in total. The number of aromatic nitrogens is 3. The first-order chi connectivity index (χ1) is 8.63. The van der Waals surface area contributed by atoms with Crippen molar-refractivity contribution >= 4 is 28.6 Å². The van der Waals surface area contributed by atoms with Gasteiger partial charge in [-0.25, -0.2) is 9.97 Å². The lowest BCUT2D eigenvalue weighted by Gasteiger charge is -2.00. The SMILES string of the molecule is Cc1ccc(-c2nc3nc(N)ccc3[nH]2)cc1Cl. The minimum atomic E-state index is 0.461. The summed E-state index contributed by atoms with van der Waals surface area (Å²) in [6, 6.07) is 9.43. The van der Waals surface area contributed by atoms with Crippen LogP contribution in [0.3, 0.4) is 0 Å². The number of imidazole rings is 1. The Morgan fingerprint density at radius 3 is 2.78 bits per heavy atom. The van der Waals surface area contributed by atoms with Gasteiger partial charge in [-0.05, 0) is 30.7 Å². The van der Waals surface area contributed by atoms with Crippen molar-refractivity contribution in [2.24, 2.45) is 0 Å². The minimum Gasteiger partial charge on any atom is -0.384 e. The van der Waals surface area contributed by atoms with Crippen molar-refractivity contribution in [2.75, 3.05) is 5.73 Å². The second kappa shape index (κ2) is 3.99. The van der Waals surface area contributed by atoms with E-state index >= 15 is 0 Å². The molecule has 1 aromatic carbocycles. The summed E-state index contributed by atoms with van der Waals surface area (Å²) in [5, 5.41) is 0.723. The summed E-state index contributed by atoms with van der Waals surface area (Å²) in [6.07, 6.45) is 0. The van der Waals surface area contributed by atoms with Gasteiger partial charge in [0.1, 0.15) is 11.6 Å². The number of nitrogen functional groups attached to an aromatic ring is 1. The fourth-order valence-corrected chi connectivity index (χ4v) is 1.96. The number of anilines is 1. The second-order valence-electron chi connectivity index (χ2n) is 4.16. The minimum absolute atomic E-state index is 0.461. The van der Waals surface area contributed by atoms with E-state index in [0.29, 0.717) is 11.5 Å². The molecule has 0 atom stereocenters. The largest absolute Gasteiger partial charge is 0.384 e. The van der Waals surface area contributed by atoms with Crippen molar-refractivity contribution in [1.82, 2.24) is 15.0 Å². The van der Waals surface area contributed by atoms with Gasteiger partial charge in [0.15, 0.2) is 5.65 Å². The van der Waals surface area contributed by atoms with Gasteiger partial charge in [0.25, 0.3) is 0 Å². The Morgan fingerprint density at radius 1 is 1.17 bits per heavy atom. The number of nitrogens with one attached hydrogen (secondary N) is 1. The topological polar surface area (TPSA) is 67.6 Å². The number of halogens is 1. The van der Waals surface area contributed by atoms with Crippen LogP contribution in [0.1, 0.15) is 5.56 Å². The molecule has 0 unspecified atom stereocenters. The molecule has 0 aliphatic heterocycles. The molecule has 0 amide bonds. The van der Waals surface area contributed by atoms with Crippen molar-refractivity contribution in [2.45, 2.75) is 6.92 Å². The van der Waals surface area contributed by atoms with Crippen molar-refractivity contribution in [3.63, 3.8) is 0 Å². The first-order valence-electron chi connectivity index (χ1n) is 5.52. The standard InChI is InChI=1S/C13H11ClN4/c1-7-2-3-8(6-9(7)14)12-16-10-4-5-11(15)17-13(10)18-12/h2-6H,1H3,(H3,15,16,17,18). The Balaban J connectivity index is 2.16. The van der Waals surface area contributed by atoms with E-state index in [4.69, 9.17) is 17.3 Å². The quantitative estimate of drug-likeness (QED) is 0.704. The lowest BCUT2D eigenvalue weighted by Crippen LogP contribution is -1.88. The van der Waals surface area contributed by atoms with E-state index in [0.717, 1.165) is 27.5 Å². The molecule has 18 heavy (non-hydrogen) atoms. The van der Waals surface area contributed by atoms with Gasteiger partial charge in [-0.2, -0.15) is 0 Å². The molecule has 0 radical (unpaired) electrons. The van der Waals surface area contributed by atoms with E-state index in [1.54, 1.807) is 6.07 Å². The van der Waals surface area contributed by atoms with Crippen molar-refractivity contribution in [3.8, 4) is 11.4 Å². The van der Waals surface area contributed by atoms with Gasteiger partial charge in [-0.15, -0.1) is 0 Å². The zero-order valence-electron chi connectivity index (χ0n) is 9.74. The number of H-pyrrole nitrogens is 1. The summed E-state index contributed by atoms with van der Waals surface area (Å²) in [6.45, 7) is 1.97. The second-order valence-corrected chi connectivity index (χ2v) is 4.56. The molecule has 0 saturated heterocycles.